The molecule has 137 heteroatoms. The lowest BCUT2D eigenvalue weighted by atomic mass is 11.3. The van der Waals surface area contributed by atoms with Gasteiger partial charge in [0.1, 0.15) is 0 Å². The van der Waals surface area contributed by atoms with Gasteiger partial charge in [-0.05, 0) is 39.3 Å². The minimum atomic E-state index is -10.4. The molecular weight excluding hydrogens is 3150 g/mol. The first-order valence-electron chi connectivity index (χ1n) is 43.5. The summed E-state index contributed by atoms with van der Waals surface area (Å²) in [5.74, 6) is 0. The summed E-state index contributed by atoms with van der Waals surface area (Å²) in [7, 11) is -272. The third-order valence-corrected chi connectivity index (χ3v) is 736. The quantitative estimate of drug-likeness (QED) is 0.0251. The first-order valence-corrected chi connectivity index (χ1v) is 213. The van der Waals surface area contributed by atoms with Gasteiger partial charge in [-0.25, -0.2) is 0 Å². The molecule has 4 atom stereocenters. The Morgan fingerprint density at radius 2 is 0.401 bits per heavy atom. The van der Waals surface area contributed by atoms with Gasteiger partial charge in [-0.15, -0.1) is 13.2 Å². The Bertz CT molecular complexity index is 3400. The fraction of sp³-hybridized carbons (Fsp3) is 0.600. The Kier molecular flexibility index (Phi) is 78.6. The molecule has 0 bridgehead atoms. The normalized spacial score (nSPS) is 25.7. The molecule has 0 amide bonds. The van der Waals surface area contributed by atoms with Gasteiger partial charge in [-0.2, -0.15) is 0 Å². The van der Waals surface area contributed by atoms with Crippen LogP contribution in [0.4, 0.5) is 0 Å². The third kappa shape index (κ3) is 31.1. The molecule has 0 aliphatic carbocycles. The van der Waals surface area contributed by atoms with Gasteiger partial charge in [0.05, 0.1) is 0 Å². The maximum Gasteiger partial charge on any atom is 0.338 e. The van der Waals surface area contributed by atoms with Crippen molar-refractivity contribution in [1.82, 2.24) is 0 Å². The van der Waals surface area contributed by atoms with Crippen LogP contribution in [0.3, 0.4) is 0 Å². The Morgan fingerprint density at radius 1 is 0.197 bits per heavy atom. The molecule has 68 nitrogen and oxygen atoms in total. The predicted molar refractivity (Wildman–Crippen MR) is 699 cm³/mol. The van der Waals surface area contributed by atoms with Crippen molar-refractivity contribution in [2.24, 2.45) is 0 Å². The van der Waals surface area contributed by atoms with Crippen LogP contribution in [0, 0.1) is 0 Å². The van der Waals surface area contributed by atoms with Crippen molar-refractivity contribution < 1.29 is 310 Å². The Balaban J connectivity index is 20.5. The molecule has 4 unspecified atom stereocenters. The van der Waals surface area contributed by atoms with Crippen LogP contribution in [0.2, 0.25) is 39.3 Å². The van der Waals surface area contributed by atoms with E-state index in [0.717, 1.165) is 18.8 Å². The molecule has 0 radical (unpaired) electrons. The molecule has 880 valence electrons. The van der Waals surface area contributed by atoms with Gasteiger partial charge in [0.2, 0.25) is 156 Å². The highest BCUT2D eigenvalue weighted by Gasteiger charge is 3.09. The standard InChI is InChI=1S/C10H156O68Si69/c1-9-123(54)143(121-53,68-92-24)144(138(111-43,112-44)63-87-19,74-127(95-27,96-28)56-80-12)133(71-125(7,8)70-124(5,6)10-2,77-131(134(103-35,104-36)59-83-15,135(105-37,106-38)60-84-16)72-126(93-25,94-26)55-79-11)145(146(139(113-45,114-46)64-88-20,140(115-47,116-48)65-89-21)75-128(97-29,98-30)57-81-13,147(141(117-49,118-50)66-90-22,142(119-51,120-52)67-91-23)76-129(99-31,100-32)58-82-14)78-132(136(107-39,108-40)61-85-17,137(109-41,110-42)62-86-18)73-130(101-33,102-34)69-122(3)4/h9-54,122-123H,1-2,79-121H2,3-8H3. The minimum Gasteiger partial charge on any atom is -0.442 e. The van der Waals surface area contributed by atoms with Crippen LogP contribution in [-0.2, 0) is 98.8 Å². The second-order valence-corrected chi connectivity index (χ2v) is 421. The summed E-state index contributed by atoms with van der Waals surface area (Å²) in [6, 6.07) is 0. The van der Waals surface area contributed by atoms with E-state index in [4.69, 9.17) is 86.4 Å². The number of rotatable bonds is 94. The maximum absolute atomic E-state index is 15.5. The molecule has 0 saturated carbocycles. The summed E-state index contributed by atoms with van der Waals surface area (Å²) in [6.45, 7) is -97.3. The van der Waals surface area contributed by atoms with E-state index in [1.807, 2.05) is 0 Å². The zero-order chi connectivity index (χ0) is 114. The first kappa shape index (κ1) is 159. The molecule has 0 fully saturated rings. The monoisotopic (exact) mass is 3300 g/mol. The molecule has 0 aliphatic rings. The van der Waals surface area contributed by atoms with Crippen LogP contribution in [0.15, 0.2) is 24.6 Å². The number of hydrogen-bond donors (Lipinski definition) is 44. The Labute approximate surface area is 962 Å². The highest BCUT2D eigenvalue weighted by Crippen LogP contribution is 2.63. The van der Waals surface area contributed by atoms with Crippen LogP contribution in [0.5, 0.6) is 0 Å². The second kappa shape index (κ2) is 72.8. The summed E-state index contributed by atoms with van der Waals surface area (Å²) in [5.41, 5.74) is 1.54. The number of hydrogen-bond acceptors (Lipinski definition) is 68. The van der Waals surface area contributed by atoms with Crippen molar-refractivity contribution in [2.45, 2.75) is 39.3 Å². The lowest BCUT2D eigenvalue weighted by molar-refractivity contribution is 0.291. The predicted octanol–water partition coefficient (Wildman–Crippen LogP) is -71.1. The summed E-state index contributed by atoms with van der Waals surface area (Å²) in [5, 5.41) is 0. The van der Waals surface area contributed by atoms with E-state index in [0.29, 0.717) is 5.70 Å². The molecule has 0 spiro atoms. The molecule has 44 N–H and O–H groups in total. The zero-order valence-electron chi connectivity index (χ0n) is 81.6. The summed E-state index contributed by atoms with van der Waals surface area (Å²) >= 11 is 0. The summed E-state index contributed by atoms with van der Waals surface area (Å²) in [4.78, 5) is 612. The summed E-state index contributed by atoms with van der Waals surface area (Å²) in [6.07, 6.45) is 0. The van der Waals surface area contributed by atoms with E-state index in [1.54, 1.807) is 0 Å². The maximum atomic E-state index is 15.5. The van der Waals surface area contributed by atoms with Crippen molar-refractivity contribution in [2.75, 3.05) is 0 Å². The van der Waals surface area contributed by atoms with Crippen molar-refractivity contribution in [1.29, 1.82) is 0 Å². The van der Waals surface area contributed by atoms with Crippen LogP contribution in [-0.4, -0.2) is 812 Å². The van der Waals surface area contributed by atoms with E-state index in [2.05, 4.69) is 13.2 Å². The van der Waals surface area contributed by atoms with Crippen LogP contribution in [0.25, 0.3) is 0 Å². The molecule has 0 heterocycles. The van der Waals surface area contributed by atoms with Gasteiger partial charge in [-0.1, -0.05) is 11.4 Å². The van der Waals surface area contributed by atoms with Crippen molar-refractivity contribution in [3.63, 3.8) is 0 Å². The van der Waals surface area contributed by atoms with Crippen LogP contribution in [0.1, 0.15) is 0 Å². The molecule has 0 aromatic rings. The zero-order valence-corrected chi connectivity index (χ0v) is 169. The lowest BCUT2D eigenvalue weighted by Gasteiger charge is -2.78. The molecule has 0 aromatic heterocycles. The summed E-state index contributed by atoms with van der Waals surface area (Å²) < 4.78 is 184. The van der Waals surface area contributed by atoms with Gasteiger partial charge < -0.3 is 310 Å². The second-order valence-electron chi connectivity index (χ2n) is 33.4. The Hall–Kier alpha value is 11.7. The third-order valence-electron chi connectivity index (χ3n) is 24.9. The average molecular weight is 3300 g/mol. The smallest absolute Gasteiger partial charge is 0.338 e. The highest BCUT2D eigenvalue weighted by molar-refractivity contribution is 8.35. The minimum absolute atomic E-state index is 0.483. The van der Waals surface area contributed by atoms with Gasteiger partial charge in [0.25, 0.3) is 181 Å². The molecular formula is C10H156O68Si69. The highest BCUT2D eigenvalue weighted by atomic mass is 30.6. The van der Waals surface area contributed by atoms with E-state index < -0.39 is 601 Å². The fourth-order valence-electron chi connectivity index (χ4n) is 18.0. The van der Waals surface area contributed by atoms with E-state index in [9.17, 15) is 175 Å². The molecule has 0 rings (SSSR count). The van der Waals surface area contributed by atoms with E-state index in [1.165, 1.54) is 26.2 Å². The molecule has 0 aromatic carbocycles. The topological polar surface area (TPSA) is 1110 Å². The SMILES string of the molecule is C=C[SiH](O)[Si](O[SiH2]O)([SiH2]O)[Si](O[Si](O[SiH2]O)([SiH2]O)[SiH2]O)([Si](O[SiH2]O)([SiH2]O)[SiH2]O)[Si](O[Si](C)(C)O[Si](C)(C)C=C)(O[Si](O[Si](O[SiH2]O)([SiH2]O)[SiH2]O)([Si](O[SiH2]O)([SiH2]O)[SiH2]O)[Si](O[SiH2]O)([SiH2]O)[SiH2]O)[Si](O[Si](O[Si](O[SiH](C)C)([SiH2]O)[SiH2]O)([Si](O[SiH2]O)([SiH2]O)[SiH2]O)[Si](O[SiH2]O)([SiH2]O)[SiH2]O)([Si](O[Si](O[SiH2]O)([SiH2]O)[SiH2]O)([Si](O[SiH2]O)([SiH2]O)[SiH2]O)[Si](O[SiH2]O)([SiH2]O)[SiH2]O)[Si](O[Si](O[SiH2]O)([SiH2]O)[SiH2]O)([Si](O[SiH2]O)([SiH2]O)[SiH2]O)[Si](O[SiH2]O)([SiH2]O)[SiH2]O. The lowest BCUT2D eigenvalue weighted by Crippen LogP contribution is -3.22. The van der Waals surface area contributed by atoms with Crippen molar-refractivity contribution in [3.05, 3.63) is 24.6 Å². The largest absolute Gasteiger partial charge is 0.442 e. The molecule has 0 aliphatic heterocycles. The van der Waals surface area contributed by atoms with Gasteiger partial charge in [0.15, 0.2) is 194 Å². The fourth-order valence-corrected chi connectivity index (χ4v) is 1360. The Morgan fingerprint density at radius 3 is 0.599 bits per heavy atom. The van der Waals surface area contributed by atoms with Crippen LogP contribution >= 0.6 is 0 Å². The molecule has 147 heavy (non-hydrogen) atoms. The van der Waals surface area contributed by atoms with Gasteiger partial charge in [0, 0.05) is 0 Å². The van der Waals surface area contributed by atoms with E-state index >= 15 is 48.0 Å². The van der Waals surface area contributed by atoms with Crippen molar-refractivity contribution in [3.8, 4) is 0 Å². The van der Waals surface area contributed by atoms with Gasteiger partial charge >= 0.3 is 69.3 Å². The van der Waals surface area contributed by atoms with Crippen LogP contribution < -0.4 is 0 Å². The van der Waals surface area contributed by atoms with Gasteiger partial charge in [-0.3, -0.25) is 0 Å². The average Bonchev–Trinajstić information content (AvgIpc) is 0.609. The van der Waals surface area contributed by atoms with Crippen molar-refractivity contribution >= 4 is 601 Å². The molecule has 0 saturated heterocycles. The van der Waals surface area contributed by atoms with E-state index in [-0.39, 0.29) is 0 Å². The first-order chi connectivity index (χ1) is 69.4.